The van der Waals surface area contributed by atoms with Crippen LogP contribution in [0.25, 0.3) is 0 Å². The summed E-state index contributed by atoms with van der Waals surface area (Å²) in [5, 5.41) is 136. The van der Waals surface area contributed by atoms with Crippen molar-refractivity contribution in [1.29, 1.82) is 0 Å². The van der Waals surface area contributed by atoms with Crippen molar-refractivity contribution in [3.05, 3.63) is 36.5 Å². The Morgan fingerprint density at radius 1 is 0.564 bits per heavy atom. The largest absolute Gasteiger partial charge is 0.477 e. The lowest BCUT2D eigenvalue weighted by molar-refractivity contribution is -0.386. The van der Waals surface area contributed by atoms with Gasteiger partial charge in [0.05, 0.1) is 50.7 Å². The van der Waals surface area contributed by atoms with Gasteiger partial charge in [0, 0.05) is 19.8 Å². The highest BCUT2D eigenvalue weighted by atomic mass is 16.8. The van der Waals surface area contributed by atoms with Gasteiger partial charge in [-0.2, -0.15) is 0 Å². The third-order valence-electron chi connectivity index (χ3n) is 18.3. The van der Waals surface area contributed by atoms with Gasteiger partial charge >= 0.3 is 5.97 Å². The number of carboxylic acids is 1. The van der Waals surface area contributed by atoms with E-state index in [0.29, 0.717) is 12.8 Å². The SMILES string of the molecule is CCCCCCCCCCC/C=C\C/C=C\CCCCCCCCCCCCCC(=O)NC(COC1OC(CO)C(OC2OC(CO)C(O)C(OC3(C(=O)O)CC(O)C(NC(C)=O)C(C(O)C(O)CO)O3)C2O)C(O)C1O)C(O)/C=C/CCCCCCCCCCCCC. The van der Waals surface area contributed by atoms with Crippen molar-refractivity contribution in [2.75, 3.05) is 26.4 Å². The summed E-state index contributed by atoms with van der Waals surface area (Å²) in [4.78, 5) is 38.6. The summed E-state index contributed by atoms with van der Waals surface area (Å²) in [5.41, 5.74) is 0. The first-order chi connectivity index (χ1) is 45.4. The minimum Gasteiger partial charge on any atom is -0.477 e. The van der Waals surface area contributed by atoms with Gasteiger partial charge < -0.3 is 100 Å². The molecule has 3 aliphatic heterocycles. The minimum absolute atomic E-state index is 0.197. The number of hydrogen-bond donors (Lipinski definition) is 14. The monoisotopic (exact) mass is 1340 g/mol. The highest BCUT2D eigenvalue weighted by Gasteiger charge is 2.60. The third kappa shape index (κ3) is 32.7. The summed E-state index contributed by atoms with van der Waals surface area (Å²) in [6.07, 6.45) is 24.8. The number of nitrogens with one attached hydrogen (secondary N) is 2. The van der Waals surface area contributed by atoms with Gasteiger partial charge in [0.25, 0.3) is 5.79 Å². The van der Waals surface area contributed by atoms with Crippen molar-refractivity contribution in [3.63, 3.8) is 0 Å². The standard InChI is InChI=1S/C71H128N2O21/c1-4-6-8-10-12-14-16-18-19-20-21-22-23-24-25-26-27-28-29-30-31-33-35-37-39-41-43-45-58(81)73-52(53(78)44-42-40-38-36-34-32-17-15-13-11-9-7-5-2)50-89-68-63(85)62(84)65(57(49-76)91-68)92-69-64(86)67(61(83)56(48-75)90-69)94-71(70(87)88)46-54(79)59(72-51(3)77)66(93-71)60(82)55(80)47-74/h21-22,24-25,42,44,52-57,59-69,74-76,78-80,82-86H,4-20,23,26-41,43,45-50H2,1-3H3,(H,72,77)(H,73,81)(H,87,88)/b22-21-,25-24-,44-42+. The van der Waals surface area contributed by atoms with Crippen LogP contribution in [0.5, 0.6) is 0 Å². The normalized spacial score (nSPS) is 28.1. The summed E-state index contributed by atoms with van der Waals surface area (Å²) < 4.78 is 34.8. The summed E-state index contributed by atoms with van der Waals surface area (Å²) >= 11 is 0. The van der Waals surface area contributed by atoms with Crippen molar-refractivity contribution in [2.45, 2.75) is 368 Å². The van der Waals surface area contributed by atoms with Crippen LogP contribution in [0, 0.1) is 0 Å². The fourth-order valence-corrected chi connectivity index (χ4v) is 12.5. The van der Waals surface area contributed by atoms with Crippen LogP contribution >= 0.6 is 0 Å². The van der Waals surface area contributed by atoms with Crippen molar-refractivity contribution in [2.24, 2.45) is 0 Å². The Balaban J connectivity index is 1.53. The van der Waals surface area contributed by atoms with E-state index in [1.54, 1.807) is 6.08 Å². The number of aliphatic hydroxyl groups is 11. The Kier molecular flexibility index (Phi) is 46.4. The Hall–Kier alpha value is -3.05. The molecule has 548 valence electrons. The Morgan fingerprint density at radius 3 is 1.50 bits per heavy atom. The molecule has 2 amide bonds. The number of ether oxygens (including phenoxy) is 6. The van der Waals surface area contributed by atoms with Crippen LogP contribution in [0.1, 0.15) is 258 Å². The molecule has 0 radical (unpaired) electrons. The number of carboxylic acid groups (broad SMARTS) is 1. The third-order valence-corrected chi connectivity index (χ3v) is 18.3. The highest BCUT2D eigenvalue weighted by Crippen LogP contribution is 2.39. The first kappa shape index (κ1) is 85.2. The van der Waals surface area contributed by atoms with Crippen molar-refractivity contribution in [1.82, 2.24) is 10.6 Å². The van der Waals surface area contributed by atoms with Crippen LogP contribution in [-0.2, 0) is 42.8 Å². The summed E-state index contributed by atoms with van der Waals surface area (Å²) in [6, 6.07) is -2.62. The van der Waals surface area contributed by atoms with Crippen LogP contribution in [-0.4, -0.2) is 215 Å². The molecule has 3 saturated heterocycles. The highest BCUT2D eigenvalue weighted by molar-refractivity contribution is 5.77. The lowest BCUT2D eigenvalue weighted by Crippen LogP contribution is -2.70. The zero-order valence-electron chi connectivity index (χ0n) is 57.3. The van der Waals surface area contributed by atoms with Gasteiger partial charge in [-0.3, -0.25) is 9.59 Å². The smallest absolute Gasteiger partial charge is 0.364 e. The zero-order chi connectivity index (χ0) is 68.9. The molecule has 0 aromatic heterocycles. The van der Waals surface area contributed by atoms with Crippen molar-refractivity contribution >= 4 is 17.8 Å². The maximum Gasteiger partial charge on any atom is 0.364 e. The molecule has 94 heavy (non-hydrogen) atoms. The van der Waals surface area contributed by atoms with Gasteiger partial charge in [0.1, 0.15) is 67.1 Å². The van der Waals surface area contributed by atoms with Crippen LogP contribution < -0.4 is 10.6 Å². The molecular weight excluding hydrogens is 1220 g/mol. The number of rotatable bonds is 55. The lowest BCUT2D eigenvalue weighted by Gasteiger charge is -2.50. The number of carbonyl (C=O) groups excluding carboxylic acids is 2. The molecule has 0 saturated carbocycles. The molecule has 18 unspecified atom stereocenters. The van der Waals surface area contributed by atoms with Gasteiger partial charge in [-0.15, -0.1) is 0 Å². The topological polar surface area (TPSA) is 373 Å². The van der Waals surface area contributed by atoms with Crippen molar-refractivity contribution in [3.8, 4) is 0 Å². The van der Waals surface area contributed by atoms with E-state index in [4.69, 9.17) is 28.4 Å². The van der Waals surface area contributed by atoms with E-state index < -0.39 is 155 Å². The first-order valence-corrected chi connectivity index (χ1v) is 36.4. The molecule has 14 N–H and O–H groups in total. The van der Waals surface area contributed by atoms with Gasteiger partial charge in [0.2, 0.25) is 11.8 Å². The minimum atomic E-state index is -3.08. The van der Waals surface area contributed by atoms with Crippen LogP contribution in [0.2, 0.25) is 0 Å². The fourth-order valence-electron chi connectivity index (χ4n) is 12.5. The second kappa shape index (κ2) is 51.2. The van der Waals surface area contributed by atoms with E-state index >= 15 is 0 Å². The number of aliphatic hydroxyl groups excluding tert-OH is 11. The van der Waals surface area contributed by atoms with E-state index in [-0.39, 0.29) is 12.3 Å². The first-order valence-electron chi connectivity index (χ1n) is 36.4. The number of hydrogen-bond acceptors (Lipinski definition) is 20. The summed E-state index contributed by atoms with van der Waals surface area (Å²) in [6.45, 7) is 2.13. The van der Waals surface area contributed by atoms with Gasteiger partial charge in [-0.25, -0.2) is 4.79 Å². The van der Waals surface area contributed by atoms with E-state index in [1.165, 1.54) is 154 Å². The second-order valence-electron chi connectivity index (χ2n) is 26.4. The Morgan fingerprint density at radius 2 is 1.03 bits per heavy atom. The molecule has 0 aliphatic carbocycles. The van der Waals surface area contributed by atoms with Crippen LogP contribution in [0.3, 0.4) is 0 Å². The molecule has 3 rings (SSSR count). The molecule has 0 aromatic rings. The molecule has 3 aliphatic rings. The number of carbonyl (C=O) groups is 3. The van der Waals surface area contributed by atoms with Gasteiger partial charge in [-0.05, 0) is 51.4 Å². The maximum atomic E-state index is 13.5. The second-order valence-corrected chi connectivity index (χ2v) is 26.4. The summed E-state index contributed by atoms with van der Waals surface area (Å²) in [7, 11) is 0. The van der Waals surface area contributed by atoms with E-state index in [2.05, 4.69) is 48.8 Å². The zero-order valence-corrected chi connectivity index (χ0v) is 57.3. The molecule has 18 atom stereocenters. The molecule has 3 fully saturated rings. The fraction of sp³-hybridized carbons (Fsp3) is 0.873. The predicted octanol–water partition coefficient (Wildman–Crippen LogP) is 7.40. The molecule has 23 heteroatoms. The number of amides is 2. The van der Waals surface area contributed by atoms with E-state index in [9.17, 15) is 75.7 Å². The average Bonchev–Trinajstić information content (AvgIpc) is 0.766. The lowest BCUT2D eigenvalue weighted by atomic mass is 9.88. The summed E-state index contributed by atoms with van der Waals surface area (Å²) in [5.74, 6) is -6.15. The van der Waals surface area contributed by atoms with Gasteiger partial charge in [-0.1, -0.05) is 224 Å². The number of aliphatic carboxylic acids is 1. The molecule has 0 spiro atoms. The van der Waals surface area contributed by atoms with Crippen LogP contribution in [0.4, 0.5) is 0 Å². The van der Waals surface area contributed by atoms with E-state index in [0.717, 1.165) is 64.7 Å². The molecule has 0 bridgehead atoms. The Labute approximate surface area is 561 Å². The molecule has 0 aromatic carbocycles. The average molecular weight is 1350 g/mol. The number of allylic oxidation sites excluding steroid dienone is 5. The Bertz CT molecular complexity index is 2040. The molecule has 3 heterocycles. The quantitative estimate of drug-likeness (QED) is 0.0208. The maximum absolute atomic E-state index is 13.5. The molecule has 23 nitrogen and oxygen atoms in total. The van der Waals surface area contributed by atoms with E-state index in [1.807, 2.05) is 6.08 Å². The van der Waals surface area contributed by atoms with Gasteiger partial charge in [0.15, 0.2) is 12.6 Å². The van der Waals surface area contributed by atoms with Crippen LogP contribution in [0.15, 0.2) is 36.5 Å². The van der Waals surface area contributed by atoms with Crippen molar-refractivity contribution < 1.29 is 104 Å². The molecular formula is C71H128N2O21. The predicted molar refractivity (Wildman–Crippen MR) is 357 cm³/mol. The number of unbranched alkanes of at least 4 members (excludes halogenated alkanes) is 31.